The molecule has 0 aliphatic heterocycles. The molecule has 0 saturated heterocycles. The van der Waals surface area contributed by atoms with Crippen molar-refractivity contribution in [3.05, 3.63) is 34.6 Å². The van der Waals surface area contributed by atoms with E-state index in [2.05, 4.69) is 10.1 Å². The fourth-order valence-electron chi connectivity index (χ4n) is 2.02. The lowest BCUT2D eigenvalue weighted by Crippen LogP contribution is -2.30. The van der Waals surface area contributed by atoms with Gasteiger partial charge in [-0.2, -0.15) is 0 Å². The summed E-state index contributed by atoms with van der Waals surface area (Å²) in [4.78, 5) is 2.19. The minimum absolute atomic E-state index is 0.205. The molecule has 0 radical (unpaired) electrons. The second kappa shape index (κ2) is 6.21. The zero-order chi connectivity index (χ0) is 13.8. The summed E-state index contributed by atoms with van der Waals surface area (Å²) in [6, 6.07) is 4.87. The highest BCUT2D eigenvalue weighted by atomic mass is 35.5. The monoisotopic (exact) mass is 285 g/mol. The summed E-state index contributed by atoms with van der Waals surface area (Å²) in [6.07, 6.45) is 2.74. The summed E-state index contributed by atoms with van der Waals surface area (Å²) in [5.41, 5.74) is 6.25. The molecule has 1 fully saturated rings. The molecule has 0 bridgehead atoms. The van der Waals surface area contributed by atoms with Gasteiger partial charge < -0.3 is 10.9 Å². The van der Waals surface area contributed by atoms with E-state index in [0.29, 0.717) is 30.6 Å². The van der Waals surface area contributed by atoms with Crippen LogP contribution in [0.3, 0.4) is 0 Å². The topological polar surface area (TPSA) is 61.8 Å². The molecule has 4 nitrogen and oxygen atoms in total. The van der Waals surface area contributed by atoms with Crippen LogP contribution in [0.4, 0.5) is 4.39 Å². The zero-order valence-electron chi connectivity index (χ0n) is 10.5. The van der Waals surface area contributed by atoms with Gasteiger partial charge in [-0.15, -0.1) is 0 Å². The number of hydrogen-bond acceptors (Lipinski definition) is 3. The van der Waals surface area contributed by atoms with Gasteiger partial charge in [-0.25, -0.2) is 4.39 Å². The molecule has 0 spiro atoms. The van der Waals surface area contributed by atoms with Gasteiger partial charge in [0.25, 0.3) is 0 Å². The number of rotatable bonds is 6. The number of nitrogens with zero attached hydrogens (tertiary/aromatic N) is 2. The number of benzene rings is 1. The number of hydrogen-bond donors (Lipinski definition) is 2. The van der Waals surface area contributed by atoms with Crippen molar-refractivity contribution < 1.29 is 9.60 Å². The lowest BCUT2D eigenvalue weighted by Gasteiger charge is -2.22. The standard InChI is InChI=1S/C13H17ClFN3O/c14-12-4-1-10(15)7-9(12)8-18(11-2-3-11)6-5-13(16)17-19/h1,4,7,11,19H,2-3,5-6,8H2,(H2,16,17). The molecule has 2 rings (SSSR count). The van der Waals surface area contributed by atoms with E-state index in [-0.39, 0.29) is 11.7 Å². The lowest BCUT2D eigenvalue weighted by atomic mass is 10.2. The van der Waals surface area contributed by atoms with Crippen LogP contribution in [0, 0.1) is 5.82 Å². The minimum atomic E-state index is -0.286. The first-order chi connectivity index (χ1) is 9.10. The minimum Gasteiger partial charge on any atom is -0.409 e. The molecule has 0 aromatic heterocycles. The third-order valence-electron chi connectivity index (χ3n) is 3.23. The quantitative estimate of drug-likeness (QED) is 0.365. The van der Waals surface area contributed by atoms with Crippen LogP contribution in [0.1, 0.15) is 24.8 Å². The molecule has 6 heteroatoms. The van der Waals surface area contributed by atoms with Gasteiger partial charge in [0.2, 0.25) is 0 Å². The normalized spacial score (nSPS) is 16.1. The number of halogens is 2. The summed E-state index contributed by atoms with van der Waals surface area (Å²) in [7, 11) is 0. The van der Waals surface area contributed by atoms with Crippen molar-refractivity contribution in [2.45, 2.75) is 31.8 Å². The Balaban J connectivity index is 2.02. The van der Waals surface area contributed by atoms with Gasteiger partial charge in [-0.3, -0.25) is 4.90 Å². The maximum Gasteiger partial charge on any atom is 0.140 e. The van der Waals surface area contributed by atoms with Crippen molar-refractivity contribution in [2.75, 3.05) is 6.54 Å². The first-order valence-electron chi connectivity index (χ1n) is 6.24. The van der Waals surface area contributed by atoms with Gasteiger partial charge in [0.1, 0.15) is 11.7 Å². The second-order valence-electron chi connectivity index (χ2n) is 4.78. The molecule has 1 aliphatic carbocycles. The second-order valence-corrected chi connectivity index (χ2v) is 5.19. The third kappa shape index (κ3) is 4.08. The first-order valence-corrected chi connectivity index (χ1v) is 6.62. The van der Waals surface area contributed by atoms with Gasteiger partial charge >= 0.3 is 0 Å². The highest BCUT2D eigenvalue weighted by molar-refractivity contribution is 6.31. The predicted octanol–water partition coefficient (Wildman–Crippen LogP) is 2.58. The van der Waals surface area contributed by atoms with E-state index in [4.69, 9.17) is 22.5 Å². The Kier molecular flexibility index (Phi) is 4.61. The van der Waals surface area contributed by atoms with Crippen LogP contribution in [-0.2, 0) is 6.54 Å². The Hall–Kier alpha value is -1.33. The van der Waals surface area contributed by atoms with E-state index < -0.39 is 0 Å². The maximum atomic E-state index is 13.2. The van der Waals surface area contributed by atoms with Crippen molar-refractivity contribution >= 4 is 17.4 Å². The number of amidine groups is 1. The Morgan fingerprint density at radius 3 is 2.89 bits per heavy atom. The first kappa shape index (κ1) is 14.1. The summed E-state index contributed by atoms with van der Waals surface area (Å²) in [6.45, 7) is 1.26. The fraction of sp³-hybridized carbons (Fsp3) is 0.462. The van der Waals surface area contributed by atoms with Gasteiger partial charge in [0.05, 0.1) is 0 Å². The molecule has 104 valence electrons. The molecule has 1 aromatic rings. The highest BCUT2D eigenvalue weighted by Crippen LogP contribution is 2.30. The third-order valence-corrected chi connectivity index (χ3v) is 3.60. The maximum absolute atomic E-state index is 13.2. The van der Waals surface area contributed by atoms with Crippen molar-refractivity contribution in [3.63, 3.8) is 0 Å². The van der Waals surface area contributed by atoms with E-state index in [1.807, 2.05) is 0 Å². The molecule has 0 heterocycles. The SMILES string of the molecule is N/C(CCN(Cc1cc(F)ccc1Cl)C1CC1)=N/O. The van der Waals surface area contributed by atoms with E-state index in [0.717, 1.165) is 18.4 Å². The Bertz CT molecular complexity index is 477. The van der Waals surface area contributed by atoms with Crippen molar-refractivity contribution in [3.8, 4) is 0 Å². The van der Waals surface area contributed by atoms with Crippen LogP contribution in [-0.4, -0.2) is 28.5 Å². The van der Waals surface area contributed by atoms with Crippen LogP contribution < -0.4 is 5.73 Å². The summed E-state index contributed by atoms with van der Waals surface area (Å²) >= 11 is 6.07. The Labute approximate surface area is 116 Å². The average Bonchev–Trinajstić information content (AvgIpc) is 3.22. The van der Waals surface area contributed by atoms with Gasteiger partial charge in [-0.1, -0.05) is 16.8 Å². The summed E-state index contributed by atoms with van der Waals surface area (Å²) in [5.74, 6) is -0.0810. The van der Waals surface area contributed by atoms with Crippen LogP contribution in [0.25, 0.3) is 0 Å². The van der Waals surface area contributed by atoms with E-state index in [9.17, 15) is 4.39 Å². The van der Waals surface area contributed by atoms with Gasteiger partial charge in [0.15, 0.2) is 0 Å². The molecular weight excluding hydrogens is 269 g/mol. The Morgan fingerprint density at radius 2 is 2.26 bits per heavy atom. The Morgan fingerprint density at radius 1 is 1.53 bits per heavy atom. The number of nitrogens with two attached hydrogens (primary N) is 1. The van der Waals surface area contributed by atoms with Crippen LogP contribution in [0.15, 0.2) is 23.4 Å². The molecule has 1 aliphatic rings. The van der Waals surface area contributed by atoms with Crippen molar-refractivity contribution in [1.29, 1.82) is 0 Å². The van der Waals surface area contributed by atoms with Crippen molar-refractivity contribution in [1.82, 2.24) is 4.90 Å². The lowest BCUT2D eigenvalue weighted by molar-refractivity contribution is 0.259. The van der Waals surface area contributed by atoms with E-state index in [1.165, 1.54) is 12.1 Å². The molecule has 0 unspecified atom stereocenters. The largest absolute Gasteiger partial charge is 0.409 e. The average molecular weight is 286 g/mol. The van der Waals surface area contributed by atoms with Crippen LogP contribution in [0.5, 0.6) is 0 Å². The number of oxime groups is 1. The van der Waals surface area contributed by atoms with Crippen LogP contribution in [0.2, 0.25) is 5.02 Å². The van der Waals surface area contributed by atoms with Crippen molar-refractivity contribution in [2.24, 2.45) is 10.9 Å². The molecule has 0 atom stereocenters. The predicted molar refractivity (Wildman–Crippen MR) is 72.9 cm³/mol. The smallest absolute Gasteiger partial charge is 0.140 e. The molecule has 3 N–H and O–H groups in total. The fourth-order valence-corrected chi connectivity index (χ4v) is 2.20. The zero-order valence-corrected chi connectivity index (χ0v) is 11.3. The molecule has 0 amide bonds. The summed E-state index contributed by atoms with van der Waals surface area (Å²) < 4.78 is 13.2. The molecule has 1 saturated carbocycles. The van der Waals surface area contributed by atoms with Crippen LogP contribution >= 0.6 is 11.6 Å². The van der Waals surface area contributed by atoms with E-state index in [1.54, 1.807) is 6.07 Å². The molecule has 19 heavy (non-hydrogen) atoms. The highest BCUT2D eigenvalue weighted by Gasteiger charge is 2.29. The molecule has 1 aromatic carbocycles. The molecular formula is C13H17ClFN3O. The van der Waals surface area contributed by atoms with Gasteiger partial charge in [-0.05, 0) is 36.6 Å². The summed E-state index contributed by atoms with van der Waals surface area (Å²) in [5, 5.41) is 12.1. The van der Waals surface area contributed by atoms with E-state index >= 15 is 0 Å². The van der Waals surface area contributed by atoms with Gasteiger partial charge in [0, 0.05) is 30.6 Å².